The van der Waals surface area contributed by atoms with Crippen molar-refractivity contribution in [3.8, 4) is 11.5 Å². The fourth-order valence-electron chi connectivity index (χ4n) is 1.27. The van der Waals surface area contributed by atoms with Crippen LogP contribution in [0.3, 0.4) is 0 Å². The van der Waals surface area contributed by atoms with E-state index in [1.54, 1.807) is 12.1 Å². The quantitative estimate of drug-likeness (QED) is 0.658. The molecule has 16 heavy (non-hydrogen) atoms. The molecule has 0 aliphatic carbocycles. The van der Waals surface area contributed by atoms with Crippen LogP contribution < -0.4 is 0 Å². The summed E-state index contributed by atoms with van der Waals surface area (Å²) in [6, 6.07) is 10.1. The molecule has 2 heteroatoms. The number of aromatic hydroxyl groups is 2. The maximum Gasteiger partial charge on any atom is 0.123 e. The van der Waals surface area contributed by atoms with Crippen molar-refractivity contribution < 1.29 is 10.2 Å². The average molecular weight is 218 g/mol. The summed E-state index contributed by atoms with van der Waals surface area (Å²) in [4.78, 5) is 0. The highest BCUT2D eigenvalue weighted by atomic mass is 16.3. The molecule has 0 spiro atoms. The van der Waals surface area contributed by atoms with Gasteiger partial charge < -0.3 is 10.2 Å². The third-order valence-corrected chi connectivity index (χ3v) is 1.88. The molecule has 0 bridgehead atoms. The molecule has 0 unspecified atom stereocenters. The second kappa shape index (κ2) is 5.40. The van der Waals surface area contributed by atoms with E-state index in [4.69, 9.17) is 0 Å². The van der Waals surface area contributed by atoms with E-state index >= 15 is 0 Å². The zero-order valence-electron chi connectivity index (χ0n) is 9.94. The average Bonchev–Trinajstić information content (AvgIpc) is 2.23. The van der Waals surface area contributed by atoms with Gasteiger partial charge in [-0.05, 0) is 18.1 Å². The number of hydrogen-bond donors (Lipinski definition) is 2. The Morgan fingerprint density at radius 3 is 1.38 bits per heavy atom. The van der Waals surface area contributed by atoms with E-state index in [1.165, 1.54) is 12.1 Å². The van der Waals surface area contributed by atoms with Gasteiger partial charge in [0, 0.05) is 10.8 Å². The zero-order chi connectivity index (χ0) is 12.1. The number of rotatable bonds is 0. The molecule has 0 atom stereocenters. The van der Waals surface area contributed by atoms with E-state index in [-0.39, 0.29) is 11.5 Å². The number of hydrogen-bond acceptors (Lipinski definition) is 2. The summed E-state index contributed by atoms with van der Waals surface area (Å²) >= 11 is 0. The summed E-state index contributed by atoms with van der Waals surface area (Å²) in [5, 5.41) is 20.1. The van der Waals surface area contributed by atoms with Crippen LogP contribution in [0.4, 0.5) is 0 Å². The van der Waals surface area contributed by atoms with Gasteiger partial charge in [-0.3, -0.25) is 0 Å². The molecule has 2 nitrogen and oxygen atoms in total. The molecular weight excluding hydrogens is 200 g/mol. The van der Waals surface area contributed by atoms with Crippen LogP contribution >= 0.6 is 0 Å². The van der Waals surface area contributed by atoms with E-state index in [0.717, 1.165) is 5.92 Å². The molecule has 0 amide bonds. The van der Waals surface area contributed by atoms with Crippen molar-refractivity contribution in [2.24, 2.45) is 5.92 Å². The molecule has 2 aromatic rings. The first-order chi connectivity index (χ1) is 7.52. The lowest BCUT2D eigenvalue weighted by Gasteiger charge is -2.01. The van der Waals surface area contributed by atoms with Crippen molar-refractivity contribution in [1.29, 1.82) is 0 Å². The van der Waals surface area contributed by atoms with Gasteiger partial charge >= 0.3 is 0 Å². The molecule has 0 aromatic heterocycles. The van der Waals surface area contributed by atoms with Crippen LogP contribution in [0.25, 0.3) is 10.8 Å². The first kappa shape index (κ1) is 12.4. The van der Waals surface area contributed by atoms with Crippen molar-refractivity contribution in [2.75, 3.05) is 0 Å². The van der Waals surface area contributed by atoms with E-state index in [9.17, 15) is 10.2 Å². The molecule has 0 aliphatic heterocycles. The maximum absolute atomic E-state index is 9.38. The van der Waals surface area contributed by atoms with Gasteiger partial charge in [0.15, 0.2) is 0 Å². The van der Waals surface area contributed by atoms with E-state index in [1.807, 2.05) is 12.1 Å². The van der Waals surface area contributed by atoms with Gasteiger partial charge in [-0.2, -0.15) is 0 Å². The summed E-state index contributed by atoms with van der Waals surface area (Å²) < 4.78 is 0. The molecule has 0 radical (unpaired) electrons. The van der Waals surface area contributed by atoms with Gasteiger partial charge in [-0.15, -0.1) is 0 Å². The van der Waals surface area contributed by atoms with E-state index in [2.05, 4.69) is 20.8 Å². The van der Waals surface area contributed by atoms with Gasteiger partial charge in [-0.25, -0.2) is 0 Å². The molecule has 0 heterocycles. The predicted molar refractivity (Wildman–Crippen MR) is 67.8 cm³/mol. The highest BCUT2D eigenvalue weighted by molar-refractivity contribution is 5.92. The van der Waals surface area contributed by atoms with Crippen LogP contribution in [0.15, 0.2) is 36.4 Å². The maximum atomic E-state index is 9.38. The highest BCUT2D eigenvalue weighted by Crippen LogP contribution is 2.30. The Kier molecular flexibility index (Phi) is 4.18. The van der Waals surface area contributed by atoms with Gasteiger partial charge in [0.05, 0.1) is 0 Å². The normalized spacial score (nSPS) is 10.0. The topological polar surface area (TPSA) is 40.5 Å². The van der Waals surface area contributed by atoms with Crippen molar-refractivity contribution in [3.05, 3.63) is 36.4 Å². The first-order valence-corrected chi connectivity index (χ1v) is 5.42. The molecule has 0 saturated carbocycles. The summed E-state index contributed by atoms with van der Waals surface area (Å²) in [5.74, 6) is 1.23. The Labute approximate surface area is 96.2 Å². The van der Waals surface area contributed by atoms with Crippen LogP contribution in [0, 0.1) is 5.92 Å². The summed E-state index contributed by atoms with van der Waals surface area (Å²) in [5.41, 5.74) is 0. The smallest absolute Gasteiger partial charge is 0.123 e. The molecule has 86 valence electrons. The van der Waals surface area contributed by atoms with Gasteiger partial charge in [0.2, 0.25) is 0 Å². The van der Waals surface area contributed by atoms with E-state index in [0.29, 0.717) is 10.8 Å². The summed E-state index contributed by atoms with van der Waals surface area (Å²) in [6.07, 6.45) is 0. The minimum Gasteiger partial charge on any atom is -0.507 e. The Hall–Kier alpha value is -1.70. The Bertz CT molecular complexity index is 418. The van der Waals surface area contributed by atoms with E-state index < -0.39 is 0 Å². The third-order valence-electron chi connectivity index (χ3n) is 1.88. The molecule has 0 aliphatic rings. The van der Waals surface area contributed by atoms with Crippen LogP contribution in [0.2, 0.25) is 0 Å². The number of fused-ring (bicyclic) bond motifs is 1. The number of phenols is 2. The first-order valence-electron chi connectivity index (χ1n) is 5.42. The largest absolute Gasteiger partial charge is 0.507 e. The van der Waals surface area contributed by atoms with Crippen molar-refractivity contribution >= 4 is 10.8 Å². The Balaban J connectivity index is 0.000000280. The second-order valence-corrected chi connectivity index (χ2v) is 4.38. The lowest BCUT2D eigenvalue weighted by Crippen LogP contribution is -1.73. The van der Waals surface area contributed by atoms with Gasteiger partial charge in [-0.1, -0.05) is 45.0 Å². The Morgan fingerprint density at radius 1 is 0.750 bits per heavy atom. The van der Waals surface area contributed by atoms with Crippen LogP contribution in [0.5, 0.6) is 11.5 Å². The lowest BCUT2D eigenvalue weighted by atomic mass is 10.1. The monoisotopic (exact) mass is 218 g/mol. The molecule has 2 rings (SSSR count). The van der Waals surface area contributed by atoms with Crippen molar-refractivity contribution in [3.63, 3.8) is 0 Å². The third kappa shape index (κ3) is 3.16. The molecule has 2 N–H and O–H groups in total. The molecular formula is C14H18O2. The van der Waals surface area contributed by atoms with Crippen LogP contribution in [0.1, 0.15) is 20.8 Å². The summed E-state index contributed by atoms with van der Waals surface area (Å²) in [7, 11) is 0. The SMILES string of the molecule is CC(C)C.Oc1ccc(O)c2ccccc12. The minimum atomic E-state index is 0.198. The number of phenolic OH excluding ortho intramolecular Hbond substituents is 2. The number of benzene rings is 2. The lowest BCUT2D eigenvalue weighted by molar-refractivity contribution is 0.469. The van der Waals surface area contributed by atoms with Crippen LogP contribution in [-0.4, -0.2) is 10.2 Å². The highest BCUT2D eigenvalue weighted by Gasteiger charge is 2.01. The fraction of sp³-hybridized carbons (Fsp3) is 0.286. The molecule has 0 fully saturated rings. The minimum absolute atomic E-state index is 0.198. The Morgan fingerprint density at radius 2 is 1.06 bits per heavy atom. The molecule has 0 saturated heterocycles. The summed E-state index contributed by atoms with van der Waals surface area (Å²) in [6.45, 7) is 6.50. The predicted octanol–water partition coefficient (Wildman–Crippen LogP) is 3.91. The standard InChI is InChI=1S/C10H8O2.C4H10/c11-9-5-6-10(12)8-4-2-1-3-7(8)9;1-4(2)3/h1-6,11-12H;4H,1-3H3. The van der Waals surface area contributed by atoms with Gasteiger partial charge in [0.1, 0.15) is 11.5 Å². The molecule has 2 aromatic carbocycles. The fourth-order valence-corrected chi connectivity index (χ4v) is 1.27. The second-order valence-electron chi connectivity index (χ2n) is 4.38. The zero-order valence-corrected chi connectivity index (χ0v) is 9.94. The van der Waals surface area contributed by atoms with Crippen molar-refractivity contribution in [1.82, 2.24) is 0 Å². The van der Waals surface area contributed by atoms with Crippen molar-refractivity contribution in [2.45, 2.75) is 20.8 Å². The van der Waals surface area contributed by atoms with Gasteiger partial charge in [0.25, 0.3) is 0 Å². The van der Waals surface area contributed by atoms with Crippen LogP contribution in [-0.2, 0) is 0 Å².